The van der Waals surface area contributed by atoms with E-state index in [1.54, 1.807) is 6.33 Å². The summed E-state index contributed by atoms with van der Waals surface area (Å²) in [6.45, 7) is 1.53. The number of hydrogen-bond acceptors (Lipinski definition) is 4. The highest BCUT2D eigenvalue weighted by Gasteiger charge is 2.36. The third-order valence-electron chi connectivity index (χ3n) is 4.26. The Morgan fingerprint density at radius 1 is 1.23 bits per heavy atom. The van der Waals surface area contributed by atoms with Gasteiger partial charge >= 0.3 is 0 Å². The molecule has 0 unspecified atom stereocenters. The number of aromatic nitrogens is 3. The van der Waals surface area contributed by atoms with Crippen LogP contribution in [0.4, 0.5) is 0 Å². The molecule has 2 fully saturated rings. The summed E-state index contributed by atoms with van der Waals surface area (Å²) in [5.41, 5.74) is 0. The summed E-state index contributed by atoms with van der Waals surface area (Å²) >= 11 is 0. The maximum absolute atomic E-state index is 12.1. The van der Waals surface area contributed by atoms with Crippen LogP contribution in [0.2, 0.25) is 0 Å². The Balaban J connectivity index is 1.29. The third-order valence-corrected chi connectivity index (χ3v) is 4.26. The quantitative estimate of drug-likeness (QED) is 0.841. The zero-order chi connectivity index (χ0) is 14.9. The highest BCUT2D eigenvalue weighted by Crippen LogP contribution is 2.40. The molecule has 114 valence electrons. The van der Waals surface area contributed by atoms with Crippen molar-refractivity contribution in [3.05, 3.63) is 42.5 Å². The van der Waals surface area contributed by atoms with E-state index in [1.807, 2.05) is 35.2 Å². The van der Waals surface area contributed by atoms with Crippen LogP contribution in [0.5, 0.6) is 5.75 Å². The first-order chi connectivity index (χ1) is 10.8. The van der Waals surface area contributed by atoms with Gasteiger partial charge < -0.3 is 14.2 Å². The van der Waals surface area contributed by atoms with Crippen LogP contribution in [-0.2, 0) is 4.79 Å². The Kier molecular flexibility index (Phi) is 3.29. The summed E-state index contributed by atoms with van der Waals surface area (Å²) in [7, 11) is 0. The highest BCUT2D eigenvalue weighted by molar-refractivity contribution is 5.78. The number of nitrogens with zero attached hydrogens (tertiary/aromatic N) is 4. The molecule has 1 amide bonds. The predicted molar refractivity (Wildman–Crippen MR) is 79.6 cm³/mol. The van der Waals surface area contributed by atoms with Crippen molar-refractivity contribution in [3.8, 4) is 5.75 Å². The molecule has 1 saturated heterocycles. The van der Waals surface area contributed by atoms with Gasteiger partial charge in [0.2, 0.25) is 0 Å². The Labute approximate surface area is 128 Å². The fourth-order valence-corrected chi connectivity index (χ4v) is 2.75. The van der Waals surface area contributed by atoms with Crippen molar-refractivity contribution in [2.75, 3.05) is 19.7 Å². The van der Waals surface area contributed by atoms with Crippen LogP contribution in [0.1, 0.15) is 30.6 Å². The second kappa shape index (κ2) is 5.44. The lowest BCUT2D eigenvalue weighted by molar-refractivity contribution is -0.139. The average Bonchev–Trinajstić information content (AvgIpc) is 3.24. The SMILES string of the molecule is O=C(COc1ccccc1)N1CC(n2cnnc2C2CC2)C1. The Morgan fingerprint density at radius 3 is 2.73 bits per heavy atom. The number of amides is 1. The van der Waals surface area contributed by atoms with E-state index in [0.29, 0.717) is 12.0 Å². The van der Waals surface area contributed by atoms with Gasteiger partial charge in [0, 0.05) is 19.0 Å². The second-order valence-corrected chi connectivity index (χ2v) is 5.92. The number of carbonyl (C=O) groups excluding carboxylic acids is 1. The molecule has 0 N–H and O–H groups in total. The zero-order valence-electron chi connectivity index (χ0n) is 12.3. The topological polar surface area (TPSA) is 60.2 Å². The van der Waals surface area contributed by atoms with Crippen molar-refractivity contribution in [2.45, 2.75) is 24.8 Å². The number of rotatable bonds is 5. The van der Waals surface area contributed by atoms with Gasteiger partial charge in [0.25, 0.3) is 5.91 Å². The van der Waals surface area contributed by atoms with Gasteiger partial charge in [-0.25, -0.2) is 0 Å². The number of hydrogen-bond donors (Lipinski definition) is 0. The minimum atomic E-state index is 0.0288. The molecule has 1 saturated carbocycles. The molecule has 6 heteroatoms. The summed E-state index contributed by atoms with van der Waals surface area (Å²) in [6, 6.07) is 9.73. The minimum Gasteiger partial charge on any atom is -0.484 e. The maximum Gasteiger partial charge on any atom is 0.260 e. The minimum absolute atomic E-state index is 0.0288. The first-order valence-corrected chi connectivity index (χ1v) is 7.66. The molecular weight excluding hydrogens is 280 g/mol. The van der Waals surface area contributed by atoms with E-state index >= 15 is 0 Å². The molecule has 0 bridgehead atoms. The predicted octanol–water partition coefficient (Wildman–Crippen LogP) is 1.62. The molecule has 1 aromatic heterocycles. The monoisotopic (exact) mass is 298 g/mol. The largest absolute Gasteiger partial charge is 0.484 e. The first kappa shape index (κ1) is 13.3. The summed E-state index contributed by atoms with van der Waals surface area (Å²) in [5.74, 6) is 2.41. The van der Waals surface area contributed by atoms with E-state index in [-0.39, 0.29) is 12.5 Å². The van der Waals surface area contributed by atoms with Gasteiger partial charge in [0.15, 0.2) is 6.61 Å². The van der Waals surface area contributed by atoms with Crippen molar-refractivity contribution in [3.63, 3.8) is 0 Å². The molecule has 1 aliphatic carbocycles. The van der Waals surface area contributed by atoms with Crippen molar-refractivity contribution in [1.82, 2.24) is 19.7 Å². The van der Waals surface area contributed by atoms with E-state index in [1.165, 1.54) is 12.8 Å². The summed E-state index contributed by atoms with van der Waals surface area (Å²) < 4.78 is 7.64. The first-order valence-electron chi connectivity index (χ1n) is 7.66. The van der Waals surface area contributed by atoms with Crippen LogP contribution in [0.25, 0.3) is 0 Å². The Bertz CT molecular complexity index is 660. The second-order valence-electron chi connectivity index (χ2n) is 5.92. The van der Waals surface area contributed by atoms with E-state index in [9.17, 15) is 4.79 Å². The molecule has 2 aliphatic rings. The average molecular weight is 298 g/mol. The van der Waals surface area contributed by atoms with E-state index in [2.05, 4.69) is 14.8 Å². The molecule has 6 nitrogen and oxygen atoms in total. The van der Waals surface area contributed by atoms with Gasteiger partial charge in [0.05, 0.1) is 6.04 Å². The molecule has 4 rings (SSSR count). The third kappa shape index (κ3) is 2.56. The lowest BCUT2D eigenvalue weighted by Gasteiger charge is -2.40. The molecule has 1 aliphatic heterocycles. The van der Waals surface area contributed by atoms with Gasteiger partial charge in [-0.2, -0.15) is 0 Å². The fourth-order valence-electron chi connectivity index (χ4n) is 2.75. The van der Waals surface area contributed by atoms with Gasteiger partial charge in [-0.15, -0.1) is 10.2 Å². The number of ether oxygens (including phenoxy) is 1. The van der Waals surface area contributed by atoms with Gasteiger partial charge in [-0.3, -0.25) is 4.79 Å². The summed E-state index contributed by atoms with van der Waals surface area (Å²) in [5, 5.41) is 8.23. The van der Waals surface area contributed by atoms with Crippen molar-refractivity contribution in [2.24, 2.45) is 0 Å². The standard InChI is InChI=1S/C16H18N4O2/c21-15(10-22-14-4-2-1-3-5-14)19-8-13(9-19)20-11-17-18-16(20)12-6-7-12/h1-5,11-13H,6-10H2. The van der Waals surface area contributed by atoms with Gasteiger partial charge in [-0.05, 0) is 25.0 Å². The lowest BCUT2D eigenvalue weighted by Crippen LogP contribution is -2.52. The molecular formula is C16H18N4O2. The smallest absolute Gasteiger partial charge is 0.260 e. The van der Waals surface area contributed by atoms with Crippen LogP contribution >= 0.6 is 0 Å². The van der Waals surface area contributed by atoms with Crippen LogP contribution in [-0.4, -0.2) is 45.3 Å². The Hall–Kier alpha value is -2.37. The van der Waals surface area contributed by atoms with Crippen molar-refractivity contribution >= 4 is 5.91 Å². The van der Waals surface area contributed by atoms with Crippen LogP contribution in [0.15, 0.2) is 36.7 Å². The van der Waals surface area contributed by atoms with Crippen LogP contribution in [0, 0.1) is 0 Å². The number of carbonyl (C=O) groups is 1. The van der Waals surface area contributed by atoms with Crippen LogP contribution < -0.4 is 4.74 Å². The molecule has 22 heavy (non-hydrogen) atoms. The van der Waals surface area contributed by atoms with Crippen LogP contribution in [0.3, 0.4) is 0 Å². The van der Waals surface area contributed by atoms with E-state index in [4.69, 9.17) is 4.74 Å². The van der Waals surface area contributed by atoms with Gasteiger partial charge in [0.1, 0.15) is 17.9 Å². The maximum atomic E-state index is 12.1. The van der Waals surface area contributed by atoms with E-state index in [0.717, 1.165) is 24.7 Å². The molecule has 1 aromatic carbocycles. The molecule has 2 heterocycles. The molecule has 0 spiro atoms. The summed E-state index contributed by atoms with van der Waals surface area (Å²) in [6.07, 6.45) is 4.21. The van der Waals surface area contributed by atoms with E-state index < -0.39 is 0 Å². The summed E-state index contributed by atoms with van der Waals surface area (Å²) in [4.78, 5) is 13.9. The van der Waals surface area contributed by atoms with Gasteiger partial charge in [-0.1, -0.05) is 18.2 Å². The zero-order valence-corrected chi connectivity index (χ0v) is 12.3. The van der Waals surface area contributed by atoms with Crippen molar-refractivity contribution in [1.29, 1.82) is 0 Å². The Morgan fingerprint density at radius 2 is 2.00 bits per heavy atom. The lowest BCUT2D eigenvalue weighted by atomic mass is 10.1. The molecule has 0 radical (unpaired) electrons. The van der Waals surface area contributed by atoms with Crippen molar-refractivity contribution < 1.29 is 9.53 Å². The molecule has 0 atom stereocenters. The number of benzene rings is 1. The molecule has 2 aromatic rings. The fraction of sp³-hybridized carbons (Fsp3) is 0.438. The number of likely N-dealkylation sites (tertiary alicyclic amines) is 1. The number of para-hydroxylation sites is 1. The normalized spacial score (nSPS) is 18.1. The highest BCUT2D eigenvalue weighted by atomic mass is 16.5.